The Labute approximate surface area is 125 Å². The second-order valence-corrected chi connectivity index (χ2v) is 5.53. The van der Waals surface area contributed by atoms with Crippen molar-refractivity contribution in [2.24, 2.45) is 0 Å². The number of likely N-dealkylation sites (N-methyl/N-ethyl adjacent to an activating group) is 1. The van der Waals surface area contributed by atoms with Gasteiger partial charge in [0.05, 0.1) is 12.7 Å². The molecule has 4 heteroatoms. The fourth-order valence-electron chi connectivity index (χ4n) is 2.30. The molecule has 2 aromatic heterocycles. The first-order valence-electron chi connectivity index (χ1n) is 7.17. The zero-order valence-electron chi connectivity index (χ0n) is 12.3. The molecule has 20 heavy (non-hydrogen) atoms. The lowest BCUT2D eigenvalue weighted by atomic mass is 10.1. The summed E-state index contributed by atoms with van der Waals surface area (Å²) in [4.78, 5) is 6.94. The van der Waals surface area contributed by atoms with Gasteiger partial charge in [-0.1, -0.05) is 19.9 Å². The van der Waals surface area contributed by atoms with Crippen LogP contribution in [0.25, 0.3) is 10.4 Å². The highest BCUT2D eigenvalue weighted by Crippen LogP contribution is 2.38. The zero-order valence-corrected chi connectivity index (χ0v) is 13.2. The third-order valence-electron chi connectivity index (χ3n) is 3.17. The van der Waals surface area contributed by atoms with Crippen LogP contribution in [0.1, 0.15) is 30.4 Å². The Kier molecular flexibility index (Phi) is 5.71. The van der Waals surface area contributed by atoms with Crippen LogP contribution in [0.4, 0.5) is 0 Å². The molecule has 1 aliphatic rings. The van der Waals surface area contributed by atoms with Crippen LogP contribution in [0, 0.1) is 0 Å². The Morgan fingerprint density at radius 1 is 1.45 bits per heavy atom. The van der Waals surface area contributed by atoms with Gasteiger partial charge in [0.1, 0.15) is 0 Å². The highest BCUT2D eigenvalue weighted by Gasteiger charge is 2.23. The van der Waals surface area contributed by atoms with E-state index in [0.29, 0.717) is 0 Å². The first kappa shape index (κ1) is 15.2. The van der Waals surface area contributed by atoms with Crippen molar-refractivity contribution in [1.29, 1.82) is 0 Å². The van der Waals surface area contributed by atoms with E-state index in [-0.39, 0.29) is 6.10 Å². The van der Waals surface area contributed by atoms with Gasteiger partial charge < -0.3 is 10.1 Å². The maximum Gasteiger partial charge on any atom is 0.0960 e. The van der Waals surface area contributed by atoms with E-state index in [1.807, 2.05) is 50.7 Å². The van der Waals surface area contributed by atoms with Gasteiger partial charge in [0.15, 0.2) is 0 Å². The van der Waals surface area contributed by atoms with Crippen LogP contribution >= 0.6 is 11.3 Å². The molecular formula is C16H22N2OS. The van der Waals surface area contributed by atoms with Gasteiger partial charge in [-0.25, -0.2) is 0 Å². The molecule has 0 saturated heterocycles. The molecule has 2 aromatic rings. The van der Waals surface area contributed by atoms with Crippen LogP contribution in [-0.4, -0.2) is 25.2 Å². The van der Waals surface area contributed by atoms with E-state index in [9.17, 15) is 0 Å². The molecule has 1 aliphatic heterocycles. The molecule has 1 unspecified atom stereocenters. The van der Waals surface area contributed by atoms with Crippen molar-refractivity contribution < 1.29 is 4.74 Å². The topological polar surface area (TPSA) is 34.1 Å². The molecule has 0 bridgehead atoms. The van der Waals surface area contributed by atoms with Crippen molar-refractivity contribution in [3.05, 3.63) is 41.0 Å². The number of thiophene rings is 1. The van der Waals surface area contributed by atoms with Crippen molar-refractivity contribution in [2.75, 3.05) is 20.2 Å². The molecule has 0 spiro atoms. The summed E-state index contributed by atoms with van der Waals surface area (Å²) in [6.07, 6.45) is 4.95. The Morgan fingerprint density at radius 2 is 2.30 bits per heavy atom. The predicted molar refractivity (Wildman–Crippen MR) is 85.2 cm³/mol. The first-order chi connectivity index (χ1) is 9.88. The normalized spacial score (nSPS) is 17.1. The minimum Gasteiger partial charge on any atom is -0.372 e. The second kappa shape index (κ2) is 7.53. The van der Waals surface area contributed by atoms with Crippen molar-refractivity contribution in [3.63, 3.8) is 0 Å². The number of rotatable bonds is 3. The molecule has 3 heterocycles. The molecule has 0 aromatic carbocycles. The smallest absolute Gasteiger partial charge is 0.0960 e. The lowest BCUT2D eigenvalue weighted by Crippen LogP contribution is -2.24. The molecule has 0 fully saturated rings. The van der Waals surface area contributed by atoms with Gasteiger partial charge in [0.2, 0.25) is 0 Å². The molecule has 3 rings (SSSR count). The minimum atomic E-state index is 0.195. The Hall–Kier alpha value is -1.23. The number of pyridine rings is 1. The van der Waals surface area contributed by atoms with Crippen LogP contribution in [0.5, 0.6) is 0 Å². The fourth-order valence-corrected chi connectivity index (χ4v) is 3.48. The number of ether oxygens (including phenoxy) is 1. The molecule has 0 saturated carbocycles. The van der Waals surface area contributed by atoms with Crippen LogP contribution in [0.3, 0.4) is 0 Å². The Bertz CT molecular complexity index is 525. The summed E-state index contributed by atoms with van der Waals surface area (Å²) in [6, 6.07) is 6.35. The van der Waals surface area contributed by atoms with Crippen molar-refractivity contribution in [2.45, 2.75) is 26.4 Å². The number of nitrogens with one attached hydrogen (secondary N) is 1. The van der Waals surface area contributed by atoms with Gasteiger partial charge in [0.25, 0.3) is 0 Å². The molecule has 0 aliphatic carbocycles. The average Bonchev–Trinajstić information content (AvgIpc) is 2.96. The van der Waals surface area contributed by atoms with Crippen LogP contribution < -0.4 is 5.32 Å². The van der Waals surface area contributed by atoms with Crippen molar-refractivity contribution in [3.8, 4) is 10.4 Å². The zero-order chi connectivity index (χ0) is 14.4. The number of hydrogen-bond acceptors (Lipinski definition) is 4. The standard InChI is InChI=1S/C14H16N2OS.C2H6/c1-15-9-12-11-7-14(10-3-2-5-16-8-10)18-13(11)4-6-17-12;1-2/h2-3,5,7-8,12,15H,4,6,9H2,1H3;1-2H3. The van der Waals surface area contributed by atoms with E-state index in [2.05, 4.69) is 22.4 Å². The van der Waals surface area contributed by atoms with E-state index in [1.165, 1.54) is 20.9 Å². The minimum absolute atomic E-state index is 0.195. The monoisotopic (exact) mass is 290 g/mol. The maximum atomic E-state index is 5.82. The summed E-state index contributed by atoms with van der Waals surface area (Å²) in [5.74, 6) is 0. The Morgan fingerprint density at radius 3 is 3.00 bits per heavy atom. The number of nitrogens with zero attached hydrogens (tertiary/aromatic N) is 1. The van der Waals surface area contributed by atoms with Crippen LogP contribution in [0.2, 0.25) is 0 Å². The maximum absolute atomic E-state index is 5.82. The Balaban J connectivity index is 0.000000704. The van der Waals surface area contributed by atoms with Crippen LogP contribution in [0.15, 0.2) is 30.6 Å². The molecule has 0 radical (unpaired) electrons. The van der Waals surface area contributed by atoms with Gasteiger partial charge in [-0.3, -0.25) is 4.98 Å². The molecule has 0 amide bonds. The summed E-state index contributed by atoms with van der Waals surface area (Å²) in [6.45, 7) is 5.70. The summed E-state index contributed by atoms with van der Waals surface area (Å²) in [7, 11) is 1.96. The van der Waals surface area contributed by atoms with Crippen LogP contribution in [-0.2, 0) is 11.2 Å². The van der Waals surface area contributed by atoms with Crippen molar-refractivity contribution in [1.82, 2.24) is 10.3 Å². The molecule has 3 nitrogen and oxygen atoms in total. The summed E-state index contributed by atoms with van der Waals surface area (Å²) >= 11 is 1.87. The predicted octanol–water partition coefficient (Wildman–Crippen LogP) is 3.67. The number of hydrogen-bond donors (Lipinski definition) is 1. The van der Waals surface area contributed by atoms with Gasteiger partial charge >= 0.3 is 0 Å². The number of aromatic nitrogens is 1. The molecule has 108 valence electrons. The van der Waals surface area contributed by atoms with E-state index in [4.69, 9.17) is 4.74 Å². The molecule has 1 N–H and O–H groups in total. The highest BCUT2D eigenvalue weighted by atomic mass is 32.1. The first-order valence-corrected chi connectivity index (χ1v) is 7.99. The van der Waals surface area contributed by atoms with E-state index >= 15 is 0 Å². The van der Waals surface area contributed by atoms with Gasteiger partial charge in [-0.15, -0.1) is 11.3 Å². The third-order valence-corrected chi connectivity index (χ3v) is 4.43. The number of fused-ring (bicyclic) bond motifs is 1. The fraction of sp³-hybridized carbons (Fsp3) is 0.438. The quantitative estimate of drug-likeness (QED) is 0.936. The second-order valence-electron chi connectivity index (χ2n) is 4.40. The summed E-state index contributed by atoms with van der Waals surface area (Å²) < 4.78 is 5.82. The SMILES string of the molecule is CC.CNCC1OCCc2sc(-c3cccnc3)cc21. The van der Waals surface area contributed by atoms with Gasteiger partial charge in [0, 0.05) is 40.7 Å². The van der Waals surface area contributed by atoms with Gasteiger partial charge in [-0.05, 0) is 24.7 Å². The van der Waals surface area contributed by atoms with E-state index in [1.54, 1.807) is 0 Å². The van der Waals surface area contributed by atoms with E-state index in [0.717, 1.165) is 19.6 Å². The third kappa shape index (κ3) is 3.26. The van der Waals surface area contributed by atoms with E-state index < -0.39 is 0 Å². The highest BCUT2D eigenvalue weighted by molar-refractivity contribution is 7.15. The molecular weight excluding hydrogens is 268 g/mol. The lowest BCUT2D eigenvalue weighted by Gasteiger charge is -2.22. The van der Waals surface area contributed by atoms with Crippen molar-refractivity contribution >= 4 is 11.3 Å². The summed E-state index contributed by atoms with van der Waals surface area (Å²) in [5.41, 5.74) is 2.54. The molecule has 1 atom stereocenters. The largest absolute Gasteiger partial charge is 0.372 e. The lowest BCUT2D eigenvalue weighted by molar-refractivity contribution is 0.0451. The van der Waals surface area contributed by atoms with Gasteiger partial charge in [-0.2, -0.15) is 0 Å². The average molecular weight is 290 g/mol. The summed E-state index contributed by atoms with van der Waals surface area (Å²) in [5, 5.41) is 3.19.